The number of aliphatic hydroxyl groups is 2. The average molecular weight is 204 g/mol. The lowest BCUT2D eigenvalue weighted by Crippen LogP contribution is -2.54. The first-order valence-corrected chi connectivity index (χ1v) is 5.68. The lowest BCUT2D eigenvalue weighted by molar-refractivity contribution is -0.184. The van der Waals surface area contributed by atoms with Crippen molar-refractivity contribution in [3.63, 3.8) is 0 Å². The van der Waals surface area contributed by atoms with Crippen LogP contribution in [0.1, 0.15) is 30.9 Å². The molecule has 3 fully saturated rings. The highest BCUT2D eigenvalue weighted by atomic mass is 16.3. The minimum atomic E-state index is -0.832. The fraction of sp³-hybridized carbons (Fsp3) is 0.538. The second kappa shape index (κ2) is 3.06. The summed E-state index contributed by atoms with van der Waals surface area (Å²) in [5, 5.41) is 20.7. The van der Waals surface area contributed by atoms with E-state index in [1.165, 1.54) is 0 Å². The van der Waals surface area contributed by atoms with Crippen LogP contribution in [0, 0.1) is 11.8 Å². The minimum absolute atomic E-state index is 0.317. The summed E-state index contributed by atoms with van der Waals surface area (Å²) in [7, 11) is 0. The third-order valence-corrected chi connectivity index (χ3v) is 4.29. The zero-order valence-electron chi connectivity index (χ0n) is 8.63. The average Bonchev–Trinajstić information content (AvgIpc) is 2.89. The molecule has 2 nitrogen and oxygen atoms in total. The quantitative estimate of drug-likeness (QED) is 0.772. The van der Waals surface area contributed by atoms with Crippen molar-refractivity contribution >= 4 is 0 Å². The van der Waals surface area contributed by atoms with Crippen LogP contribution in [0.5, 0.6) is 0 Å². The van der Waals surface area contributed by atoms with E-state index in [-0.39, 0.29) is 0 Å². The van der Waals surface area contributed by atoms with Gasteiger partial charge in [0, 0.05) is 0 Å². The zero-order valence-corrected chi connectivity index (χ0v) is 8.63. The normalized spacial score (nSPS) is 39.9. The maximum absolute atomic E-state index is 10.5. The third-order valence-electron chi connectivity index (χ3n) is 4.29. The second-order valence-electron chi connectivity index (χ2n) is 4.91. The van der Waals surface area contributed by atoms with E-state index in [1.54, 1.807) is 0 Å². The number of rotatable bonds is 2. The molecule has 3 saturated carbocycles. The van der Waals surface area contributed by atoms with E-state index in [0.29, 0.717) is 11.8 Å². The van der Waals surface area contributed by atoms with Gasteiger partial charge in [-0.05, 0) is 36.7 Å². The van der Waals surface area contributed by atoms with E-state index in [1.807, 2.05) is 30.3 Å². The fourth-order valence-corrected chi connectivity index (χ4v) is 3.34. The first-order chi connectivity index (χ1) is 7.23. The first kappa shape index (κ1) is 9.37. The van der Waals surface area contributed by atoms with Crippen molar-refractivity contribution in [3.05, 3.63) is 35.9 Å². The Hall–Kier alpha value is -0.860. The maximum atomic E-state index is 10.5. The van der Waals surface area contributed by atoms with Gasteiger partial charge in [-0.2, -0.15) is 0 Å². The van der Waals surface area contributed by atoms with E-state index in [0.717, 1.165) is 24.8 Å². The molecule has 0 radical (unpaired) electrons. The fourth-order valence-electron chi connectivity index (χ4n) is 3.34. The Labute approximate surface area is 89.6 Å². The molecular weight excluding hydrogens is 188 g/mol. The number of hydrogen-bond donors (Lipinski definition) is 2. The molecule has 2 N–H and O–H groups in total. The SMILES string of the molecule is OC(c1ccccc1)C1(O)C2CCC1C2. The standard InChI is InChI=1S/C13H16O2/c14-12(9-4-2-1-3-5-9)13(15)10-6-7-11(13)8-10/h1-5,10-12,14-15H,6-8H2. The molecule has 2 heteroatoms. The smallest absolute Gasteiger partial charge is 0.108 e. The van der Waals surface area contributed by atoms with E-state index in [2.05, 4.69) is 0 Å². The van der Waals surface area contributed by atoms with Crippen LogP contribution >= 0.6 is 0 Å². The Morgan fingerprint density at radius 2 is 1.73 bits per heavy atom. The molecule has 0 aliphatic heterocycles. The summed E-state index contributed by atoms with van der Waals surface area (Å²) in [6.45, 7) is 0. The molecule has 15 heavy (non-hydrogen) atoms. The van der Waals surface area contributed by atoms with Gasteiger partial charge in [-0.25, -0.2) is 0 Å². The zero-order chi connectivity index (χ0) is 10.5. The van der Waals surface area contributed by atoms with Gasteiger partial charge in [0.15, 0.2) is 0 Å². The summed E-state index contributed by atoms with van der Waals surface area (Å²) in [6, 6.07) is 9.52. The summed E-state index contributed by atoms with van der Waals surface area (Å²) in [4.78, 5) is 0. The molecule has 4 rings (SSSR count). The van der Waals surface area contributed by atoms with Gasteiger partial charge in [0.2, 0.25) is 0 Å². The van der Waals surface area contributed by atoms with Crippen LogP contribution in [-0.4, -0.2) is 15.8 Å². The van der Waals surface area contributed by atoms with Gasteiger partial charge in [0.05, 0.1) is 0 Å². The lowest BCUT2D eigenvalue weighted by Gasteiger charge is -2.48. The molecule has 80 valence electrons. The van der Waals surface area contributed by atoms with Crippen molar-refractivity contribution in [1.82, 2.24) is 0 Å². The molecule has 1 aromatic rings. The van der Waals surface area contributed by atoms with E-state index in [9.17, 15) is 10.2 Å². The predicted molar refractivity (Wildman–Crippen MR) is 57.2 cm³/mol. The second-order valence-corrected chi connectivity index (χ2v) is 4.91. The highest BCUT2D eigenvalue weighted by molar-refractivity contribution is 5.25. The van der Waals surface area contributed by atoms with Crippen LogP contribution in [0.25, 0.3) is 0 Å². The number of hydrogen-bond acceptors (Lipinski definition) is 2. The van der Waals surface area contributed by atoms with Crippen LogP contribution in [0.2, 0.25) is 0 Å². The highest BCUT2D eigenvalue weighted by Gasteiger charge is 2.62. The molecule has 3 aliphatic carbocycles. The van der Waals surface area contributed by atoms with Crippen LogP contribution in [0.4, 0.5) is 0 Å². The molecule has 0 amide bonds. The molecule has 3 aliphatic rings. The van der Waals surface area contributed by atoms with Gasteiger partial charge >= 0.3 is 0 Å². The van der Waals surface area contributed by atoms with Crippen molar-refractivity contribution < 1.29 is 10.2 Å². The first-order valence-electron chi connectivity index (χ1n) is 5.68. The van der Waals surface area contributed by atoms with E-state index in [4.69, 9.17) is 0 Å². The number of fused-ring (bicyclic) bond motifs is 1. The van der Waals surface area contributed by atoms with Crippen molar-refractivity contribution in [2.24, 2.45) is 11.8 Å². The molecule has 3 atom stereocenters. The summed E-state index contributed by atoms with van der Waals surface area (Å²) < 4.78 is 0. The van der Waals surface area contributed by atoms with Gasteiger partial charge in [-0.3, -0.25) is 0 Å². The van der Waals surface area contributed by atoms with Crippen LogP contribution in [0.3, 0.4) is 0 Å². The molecule has 1 aromatic carbocycles. The number of aliphatic hydroxyl groups excluding tert-OH is 1. The van der Waals surface area contributed by atoms with E-state index < -0.39 is 11.7 Å². The van der Waals surface area contributed by atoms with Gasteiger partial charge in [0.25, 0.3) is 0 Å². The Balaban J connectivity index is 1.89. The lowest BCUT2D eigenvalue weighted by atomic mass is 9.63. The van der Waals surface area contributed by atoms with Crippen molar-refractivity contribution in [2.75, 3.05) is 0 Å². The molecule has 0 spiro atoms. The van der Waals surface area contributed by atoms with Crippen LogP contribution in [-0.2, 0) is 0 Å². The summed E-state index contributed by atoms with van der Waals surface area (Å²) >= 11 is 0. The van der Waals surface area contributed by atoms with Gasteiger partial charge < -0.3 is 10.2 Å². The monoisotopic (exact) mass is 204 g/mol. The summed E-state index contributed by atoms with van der Waals surface area (Å²) in [5.74, 6) is 0.635. The molecule has 0 heterocycles. The molecule has 2 bridgehead atoms. The molecule has 0 aromatic heterocycles. The van der Waals surface area contributed by atoms with Crippen LogP contribution < -0.4 is 0 Å². The van der Waals surface area contributed by atoms with Crippen molar-refractivity contribution in [1.29, 1.82) is 0 Å². The van der Waals surface area contributed by atoms with Crippen molar-refractivity contribution in [3.8, 4) is 0 Å². The largest absolute Gasteiger partial charge is 0.386 e. The van der Waals surface area contributed by atoms with E-state index >= 15 is 0 Å². The Kier molecular flexibility index (Phi) is 1.91. The molecule has 3 unspecified atom stereocenters. The van der Waals surface area contributed by atoms with Crippen molar-refractivity contribution in [2.45, 2.75) is 31.0 Å². The van der Waals surface area contributed by atoms with Crippen LogP contribution in [0.15, 0.2) is 30.3 Å². The summed E-state index contributed by atoms with van der Waals surface area (Å²) in [6.07, 6.45) is 2.54. The number of benzene rings is 1. The predicted octanol–water partition coefficient (Wildman–Crippen LogP) is 1.88. The topological polar surface area (TPSA) is 40.5 Å². The minimum Gasteiger partial charge on any atom is -0.386 e. The Bertz CT molecular complexity index is 346. The van der Waals surface area contributed by atoms with Gasteiger partial charge in [-0.15, -0.1) is 0 Å². The Morgan fingerprint density at radius 1 is 1.13 bits per heavy atom. The maximum Gasteiger partial charge on any atom is 0.108 e. The summed E-state index contributed by atoms with van der Waals surface area (Å²) in [5.41, 5.74) is 0.0121. The van der Waals surface area contributed by atoms with Gasteiger partial charge in [0.1, 0.15) is 11.7 Å². The highest BCUT2D eigenvalue weighted by Crippen LogP contribution is 2.60. The molecular formula is C13H16O2. The third kappa shape index (κ3) is 1.12. The molecule has 0 saturated heterocycles. The Morgan fingerprint density at radius 3 is 2.27 bits per heavy atom. The van der Waals surface area contributed by atoms with Gasteiger partial charge in [-0.1, -0.05) is 30.3 Å².